The van der Waals surface area contributed by atoms with Gasteiger partial charge in [0.15, 0.2) is 0 Å². The quantitative estimate of drug-likeness (QED) is 0.868. The molecule has 0 fully saturated rings. The van der Waals surface area contributed by atoms with Crippen molar-refractivity contribution in [3.05, 3.63) is 69.6 Å². The maximum atomic E-state index is 11.6. The SMILES string of the molecule is Cc1ccc(=O)n(Cc2ccc(CN)cc2)c1. The molecule has 0 atom stereocenters. The van der Waals surface area contributed by atoms with E-state index in [0.717, 1.165) is 16.7 Å². The van der Waals surface area contributed by atoms with Crippen LogP contribution in [0.3, 0.4) is 0 Å². The number of hydrogen-bond acceptors (Lipinski definition) is 2. The minimum atomic E-state index is 0.0264. The number of hydrogen-bond donors (Lipinski definition) is 1. The number of benzene rings is 1. The molecule has 0 amide bonds. The van der Waals surface area contributed by atoms with E-state index in [1.54, 1.807) is 10.6 Å². The average Bonchev–Trinajstić information content (AvgIpc) is 2.35. The van der Waals surface area contributed by atoms with E-state index in [4.69, 9.17) is 5.73 Å². The Hall–Kier alpha value is -1.87. The van der Waals surface area contributed by atoms with Crippen molar-refractivity contribution in [2.24, 2.45) is 5.73 Å². The van der Waals surface area contributed by atoms with Crippen LogP contribution in [0.5, 0.6) is 0 Å². The summed E-state index contributed by atoms with van der Waals surface area (Å²) in [7, 11) is 0. The first-order valence-corrected chi connectivity index (χ1v) is 5.64. The van der Waals surface area contributed by atoms with Crippen molar-refractivity contribution >= 4 is 0 Å². The molecule has 2 rings (SSSR count). The van der Waals surface area contributed by atoms with Gasteiger partial charge >= 0.3 is 0 Å². The summed E-state index contributed by atoms with van der Waals surface area (Å²) in [6.07, 6.45) is 1.87. The summed E-state index contributed by atoms with van der Waals surface area (Å²) in [5, 5.41) is 0. The van der Waals surface area contributed by atoms with E-state index < -0.39 is 0 Å². The molecule has 0 radical (unpaired) electrons. The minimum absolute atomic E-state index is 0.0264. The lowest BCUT2D eigenvalue weighted by atomic mass is 10.1. The summed E-state index contributed by atoms with van der Waals surface area (Å²) in [6.45, 7) is 3.13. The normalized spacial score (nSPS) is 10.5. The Kier molecular flexibility index (Phi) is 3.40. The zero-order chi connectivity index (χ0) is 12.3. The molecule has 0 aliphatic rings. The Bertz CT molecular complexity index is 555. The Balaban J connectivity index is 2.25. The predicted molar refractivity (Wildman–Crippen MR) is 68.9 cm³/mol. The van der Waals surface area contributed by atoms with Crippen LogP contribution in [0.15, 0.2) is 47.4 Å². The lowest BCUT2D eigenvalue weighted by molar-refractivity contribution is 0.754. The van der Waals surface area contributed by atoms with Gasteiger partial charge in [-0.05, 0) is 23.6 Å². The molecule has 0 bridgehead atoms. The lowest BCUT2D eigenvalue weighted by Gasteiger charge is -2.07. The molecule has 1 aromatic heterocycles. The fourth-order valence-corrected chi connectivity index (χ4v) is 1.75. The zero-order valence-corrected chi connectivity index (χ0v) is 9.89. The van der Waals surface area contributed by atoms with Gasteiger partial charge in [0.1, 0.15) is 0 Å². The van der Waals surface area contributed by atoms with E-state index in [1.165, 1.54) is 0 Å². The van der Waals surface area contributed by atoms with Gasteiger partial charge in [0.25, 0.3) is 5.56 Å². The molecule has 0 unspecified atom stereocenters. The molecular weight excluding hydrogens is 212 g/mol. The molecular formula is C14H16N2O. The fourth-order valence-electron chi connectivity index (χ4n) is 1.75. The number of nitrogens with zero attached hydrogens (tertiary/aromatic N) is 1. The molecule has 1 heterocycles. The van der Waals surface area contributed by atoms with Crippen LogP contribution in [0.2, 0.25) is 0 Å². The highest BCUT2D eigenvalue weighted by Gasteiger charge is 1.98. The van der Waals surface area contributed by atoms with E-state index in [9.17, 15) is 4.79 Å². The van der Waals surface area contributed by atoms with Crippen LogP contribution in [0.25, 0.3) is 0 Å². The van der Waals surface area contributed by atoms with Crippen molar-refractivity contribution in [1.29, 1.82) is 0 Å². The fraction of sp³-hybridized carbons (Fsp3) is 0.214. The van der Waals surface area contributed by atoms with Crippen LogP contribution in [-0.4, -0.2) is 4.57 Å². The van der Waals surface area contributed by atoms with Crippen molar-refractivity contribution in [2.75, 3.05) is 0 Å². The maximum Gasteiger partial charge on any atom is 0.250 e. The van der Waals surface area contributed by atoms with E-state index in [2.05, 4.69) is 0 Å². The molecule has 0 saturated carbocycles. The first-order valence-electron chi connectivity index (χ1n) is 5.64. The third-order valence-corrected chi connectivity index (χ3v) is 2.74. The van der Waals surface area contributed by atoms with Gasteiger partial charge in [-0.1, -0.05) is 30.3 Å². The lowest BCUT2D eigenvalue weighted by Crippen LogP contribution is -2.19. The smallest absolute Gasteiger partial charge is 0.250 e. The maximum absolute atomic E-state index is 11.6. The second-order valence-corrected chi connectivity index (χ2v) is 4.19. The molecule has 0 aliphatic carbocycles. The minimum Gasteiger partial charge on any atom is -0.326 e. The summed E-state index contributed by atoms with van der Waals surface area (Å²) in [5.41, 5.74) is 8.86. The average molecular weight is 228 g/mol. The monoisotopic (exact) mass is 228 g/mol. The standard InChI is InChI=1S/C14H16N2O/c1-11-2-7-14(17)16(9-11)10-13-5-3-12(8-15)4-6-13/h2-7,9H,8,10,15H2,1H3. The largest absolute Gasteiger partial charge is 0.326 e. The van der Waals surface area contributed by atoms with Crippen molar-refractivity contribution in [3.63, 3.8) is 0 Å². The van der Waals surface area contributed by atoms with E-state index in [0.29, 0.717) is 13.1 Å². The van der Waals surface area contributed by atoms with Crippen LogP contribution in [0.1, 0.15) is 16.7 Å². The van der Waals surface area contributed by atoms with Crippen LogP contribution in [0, 0.1) is 6.92 Å². The molecule has 2 N–H and O–H groups in total. The number of aryl methyl sites for hydroxylation is 1. The summed E-state index contributed by atoms with van der Waals surface area (Å²) in [6, 6.07) is 11.4. The van der Waals surface area contributed by atoms with Crippen LogP contribution >= 0.6 is 0 Å². The number of aromatic nitrogens is 1. The van der Waals surface area contributed by atoms with Crippen molar-refractivity contribution in [2.45, 2.75) is 20.0 Å². The summed E-state index contributed by atoms with van der Waals surface area (Å²) >= 11 is 0. The van der Waals surface area contributed by atoms with Crippen molar-refractivity contribution in [1.82, 2.24) is 4.57 Å². The van der Waals surface area contributed by atoms with Gasteiger partial charge in [-0.25, -0.2) is 0 Å². The van der Waals surface area contributed by atoms with Crippen LogP contribution in [-0.2, 0) is 13.1 Å². The van der Waals surface area contributed by atoms with Crippen molar-refractivity contribution in [3.8, 4) is 0 Å². The summed E-state index contributed by atoms with van der Waals surface area (Å²) < 4.78 is 1.72. The topological polar surface area (TPSA) is 48.0 Å². The molecule has 17 heavy (non-hydrogen) atoms. The summed E-state index contributed by atoms with van der Waals surface area (Å²) in [5.74, 6) is 0. The molecule has 0 aliphatic heterocycles. The Morgan fingerprint density at radius 3 is 2.35 bits per heavy atom. The van der Waals surface area contributed by atoms with Gasteiger partial charge in [-0.15, -0.1) is 0 Å². The van der Waals surface area contributed by atoms with Gasteiger partial charge in [-0.2, -0.15) is 0 Å². The molecule has 0 spiro atoms. The third-order valence-electron chi connectivity index (χ3n) is 2.74. The second kappa shape index (κ2) is 4.97. The van der Waals surface area contributed by atoms with Gasteiger partial charge in [-0.3, -0.25) is 4.79 Å². The van der Waals surface area contributed by atoms with Crippen molar-refractivity contribution < 1.29 is 0 Å². The number of nitrogens with two attached hydrogens (primary N) is 1. The zero-order valence-electron chi connectivity index (χ0n) is 9.89. The van der Waals surface area contributed by atoms with Gasteiger partial charge in [0, 0.05) is 18.8 Å². The Morgan fingerprint density at radius 1 is 1.06 bits per heavy atom. The Labute approximate surface area is 101 Å². The molecule has 0 saturated heterocycles. The van der Waals surface area contributed by atoms with E-state index in [-0.39, 0.29) is 5.56 Å². The van der Waals surface area contributed by atoms with E-state index in [1.807, 2.05) is 43.5 Å². The second-order valence-electron chi connectivity index (χ2n) is 4.19. The third kappa shape index (κ3) is 2.82. The highest BCUT2D eigenvalue weighted by atomic mass is 16.1. The van der Waals surface area contributed by atoms with Gasteiger partial charge in [0.2, 0.25) is 0 Å². The van der Waals surface area contributed by atoms with Crippen LogP contribution < -0.4 is 11.3 Å². The molecule has 1 aromatic carbocycles. The predicted octanol–water partition coefficient (Wildman–Crippen LogP) is 1.66. The molecule has 3 heteroatoms. The molecule has 88 valence electrons. The summed E-state index contributed by atoms with van der Waals surface area (Å²) in [4.78, 5) is 11.6. The highest BCUT2D eigenvalue weighted by Crippen LogP contribution is 2.05. The van der Waals surface area contributed by atoms with E-state index >= 15 is 0 Å². The van der Waals surface area contributed by atoms with Crippen LogP contribution in [0.4, 0.5) is 0 Å². The number of rotatable bonds is 3. The number of pyridine rings is 1. The highest BCUT2D eigenvalue weighted by molar-refractivity contribution is 5.23. The first kappa shape index (κ1) is 11.6. The van der Waals surface area contributed by atoms with Gasteiger partial charge < -0.3 is 10.3 Å². The first-order chi connectivity index (χ1) is 8.19. The van der Waals surface area contributed by atoms with Gasteiger partial charge in [0.05, 0.1) is 6.54 Å². The Morgan fingerprint density at radius 2 is 1.71 bits per heavy atom. The molecule has 2 aromatic rings. The molecule has 3 nitrogen and oxygen atoms in total.